The zero-order valence-electron chi connectivity index (χ0n) is 12.4. The summed E-state index contributed by atoms with van der Waals surface area (Å²) in [5, 5.41) is 3.54. The third-order valence-corrected chi connectivity index (χ3v) is 3.80. The number of hydrogen-bond donors (Lipinski definition) is 1. The van der Waals surface area contributed by atoms with E-state index < -0.39 is 0 Å². The molecule has 110 valence electrons. The molecule has 1 aromatic carbocycles. The molecule has 0 aliphatic heterocycles. The van der Waals surface area contributed by atoms with E-state index in [1.165, 1.54) is 11.1 Å². The molecule has 0 bridgehead atoms. The Balaban J connectivity index is 1.75. The maximum Gasteiger partial charge on any atom is 0.213 e. The maximum absolute atomic E-state index is 5.36. The van der Waals surface area contributed by atoms with E-state index in [0.717, 1.165) is 24.3 Å². The molecule has 0 saturated heterocycles. The van der Waals surface area contributed by atoms with Crippen LogP contribution in [-0.4, -0.2) is 18.7 Å². The van der Waals surface area contributed by atoms with E-state index in [2.05, 4.69) is 22.4 Å². The standard InChI is InChI=1S/C17H20N2O2/c1-3-21-17-9-6-13(11-18-17)19-16-8-5-12-4-7-14(20-2)10-15(12)16/h4,6-7,9-11,16,19H,3,5,8H2,1-2H3. The van der Waals surface area contributed by atoms with Crippen molar-refractivity contribution in [1.29, 1.82) is 0 Å². The smallest absolute Gasteiger partial charge is 0.213 e. The van der Waals surface area contributed by atoms with Crippen molar-refractivity contribution in [3.63, 3.8) is 0 Å². The first kappa shape index (κ1) is 13.7. The summed E-state index contributed by atoms with van der Waals surface area (Å²) >= 11 is 0. The Morgan fingerprint density at radius 3 is 2.90 bits per heavy atom. The number of aryl methyl sites for hydroxylation is 1. The number of fused-ring (bicyclic) bond motifs is 1. The fraction of sp³-hybridized carbons (Fsp3) is 0.353. The molecule has 1 atom stereocenters. The van der Waals surface area contributed by atoms with Gasteiger partial charge in [0.15, 0.2) is 0 Å². The topological polar surface area (TPSA) is 43.4 Å². The van der Waals surface area contributed by atoms with Crippen molar-refractivity contribution >= 4 is 5.69 Å². The second kappa shape index (κ2) is 6.04. The molecule has 1 aliphatic carbocycles. The van der Waals surface area contributed by atoms with Crippen LogP contribution in [0.3, 0.4) is 0 Å². The number of hydrogen-bond acceptors (Lipinski definition) is 4. The largest absolute Gasteiger partial charge is 0.497 e. The average molecular weight is 284 g/mol. The lowest BCUT2D eigenvalue weighted by Gasteiger charge is -2.16. The SMILES string of the molecule is CCOc1ccc(NC2CCc3ccc(OC)cc32)cn1. The predicted octanol–water partition coefficient (Wildman–Crippen LogP) is 3.59. The van der Waals surface area contributed by atoms with E-state index in [9.17, 15) is 0 Å². The third kappa shape index (κ3) is 2.94. The molecule has 0 fully saturated rings. The van der Waals surface area contributed by atoms with Gasteiger partial charge in [-0.2, -0.15) is 0 Å². The second-order valence-corrected chi connectivity index (χ2v) is 5.12. The Bertz CT molecular complexity index is 611. The normalized spacial score (nSPS) is 16.4. The van der Waals surface area contributed by atoms with Crippen LogP contribution < -0.4 is 14.8 Å². The van der Waals surface area contributed by atoms with Crippen molar-refractivity contribution in [3.05, 3.63) is 47.7 Å². The van der Waals surface area contributed by atoms with Gasteiger partial charge in [-0.15, -0.1) is 0 Å². The molecule has 4 nitrogen and oxygen atoms in total. The second-order valence-electron chi connectivity index (χ2n) is 5.12. The van der Waals surface area contributed by atoms with Crippen molar-refractivity contribution in [1.82, 2.24) is 4.98 Å². The zero-order valence-corrected chi connectivity index (χ0v) is 12.4. The monoisotopic (exact) mass is 284 g/mol. The number of methoxy groups -OCH3 is 1. The molecule has 3 rings (SSSR count). The van der Waals surface area contributed by atoms with Crippen LogP contribution in [0.25, 0.3) is 0 Å². The molecule has 21 heavy (non-hydrogen) atoms. The quantitative estimate of drug-likeness (QED) is 0.911. The number of benzene rings is 1. The van der Waals surface area contributed by atoms with Crippen LogP contribution in [0.4, 0.5) is 5.69 Å². The molecule has 1 heterocycles. The Kier molecular flexibility index (Phi) is 3.95. The highest BCUT2D eigenvalue weighted by Crippen LogP contribution is 2.36. The van der Waals surface area contributed by atoms with E-state index in [4.69, 9.17) is 9.47 Å². The first-order chi connectivity index (χ1) is 10.3. The number of ether oxygens (including phenoxy) is 2. The van der Waals surface area contributed by atoms with Crippen LogP contribution in [0, 0.1) is 0 Å². The van der Waals surface area contributed by atoms with Gasteiger partial charge in [-0.05, 0) is 49.1 Å². The number of pyridine rings is 1. The fourth-order valence-electron chi connectivity index (χ4n) is 2.76. The first-order valence-electron chi connectivity index (χ1n) is 7.32. The van der Waals surface area contributed by atoms with Crippen LogP contribution in [0.2, 0.25) is 0 Å². The van der Waals surface area contributed by atoms with Gasteiger partial charge in [-0.1, -0.05) is 6.07 Å². The molecule has 0 amide bonds. The van der Waals surface area contributed by atoms with Crippen molar-refractivity contribution in [2.75, 3.05) is 19.0 Å². The summed E-state index contributed by atoms with van der Waals surface area (Å²) in [4.78, 5) is 4.29. The maximum atomic E-state index is 5.36. The van der Waals surface area contributed by atoms with Crippen LogP contribution >= 0.6 is 0 Å². The van der Waals surface area contributed by atoms with Gasteiger partial charge < -0.3 is 14.8 Å². The zero-order chi connectivity index (χ0) is 14.7. The van der Waals surface area contributed by atoms with Gasteiger partial charge in [-0.3, -0.25) is 0 Å². The lowest BCUT2D eigenvalue weighted by atomic mass is 10.1. The highest BCUT2D eigenvalue weighted by Gasteiger charge is 2.22. The molecule has 1 aromatic heterocycles. The molecule has 0 saturated carbocycles. The van der Waals surface area contributed by atoms with Gasteiger partial charge in [0.2, 0.25) is 5.88 Å². The van der Waals surface area contributed by atoms with E-state index in [1.807, 2.05) is 31.3 Å². The molecule has 2 aromatic rings. The summed E-state index contributed by atoms with van der Waals surface area (Å²) in [6.45, 7) is 2.59. The summed E-state index contributed by atoms with van der Waals surface area (Å²) in [7, 11) is 1.70. The average Bonchev–Trinajstić information content (AvgIpc) is 2.92. The number of nitrogens with one attached hydrogen (secondary N) is 1. The summed E-state index contributed by atoms with van der Waals surface area (Å²) in [5.74, 6) is 1.57. The van der Waals surface area contributed by atoms with Crippen molar-refractivity contribution in [2.45, 2.75) is 25.8 Å². The minimum atomic E-state index is 0.315. The van der Waals surface area contributed by atoms with Gasteiger partial charge >= 0.3 is 0 Å². The predicted molar refractivity (Wildman–Crippen MR) is 83.1 cm³/mol. The van der Waals surface area contributed by atoms with Crippen LogP contribution in [-0.2, 0) is 6.42 Å². The third-order valence-electron chi connectivity index (χ3n) is 3.80. The molecule has 1 unspecified atom stereocenters. The Hall–Kier alpha value is -2.23. The van der Waals surface area contributed by atoms with E-state index in [0.29, 0.717) is 18.5 Å². The first-order valence-corrected chi connectivity index (χ1v) is 7.32. The van der Waals surface area contributed by atoms with Gasteiger partial charge in [0.05, 0.1) is 31.6 Å². The van der Waals surface area contributed by atoms with Crippen molar-refractivity contribution in [3.8, 4) is 11.6 Å². The van der Waals surface area contributed by atoms with Gasteiger partial charge in [0.25, 0.3) is 0 Å². The fourth-order valence-corrected chi connectivity index (χ4v) is 2.76. The van der Waals surface area contributed by atoms with Gasteiger partial charge in [-0.25, -0.2) is 4.98 Å². The number of nitrogens with zero attached hydrogens (tertiary/aromatic N) is 1. The Labute approximate surface area is 125 Å². The number of rotatable bonds is 5. The Morgan fingerprint density at radius 1 is 1.29 bits per heavy atom. The number of anilines is 1. The van der Waals surface area contributed by atoms with Crippen LogP contribution in [0.15, 0.2) is 36.5 Å². The molecule has 0 radical (unpaired) electrons. The highest BCUT2D eigenvalue weighted by atomic mass is 16.5. The van der Waals surface area contributed by atoms with E-state index in [1.54, 1.807) is 7.11 Å². The highest BCUT2D eigenvalue weighted by molar-refractivity contribution is 5.49. The molecule has 1 aliphatic rings. The summed E-state index contributed by atoms with van der Waals surface area (Å²) < 4.78 is 10.7. The molecule has 0 spiro atoms. The van der Waals surface area contributed by atoms with Gasteiger partial charge in [0.1, 0.15) is 5.75 Å². The van der Waals surface area contributed by atoms with Crippen LogP contribution in [0.5, 0.6) is 11.6 Å². The van der Waals surface area contributed by atoms with E-state index >= 15 is 0 Å². The lowest BCUT2D eigenvalue weighted by Crippen LogP contribution is -2.07. The number of aromatic nitrogens is 1. The minimum absolute atomic E-state index is 0.315. The summed E-state index contributed by atoms with van der Waals surface area (Å²) in [5.41, 5.74) is 3.73. The Morgan fingerprint density at radius 2 is 2.19 bits per heavy atom. The lowest BCUT2D eigenvalue weighted by molar-refractivity contribution is 0.327. The van der Waals surface area contributed by atoms with E-state index in [-0.39, 0.29) is 0 Å². The van der Waals surface area contributed by atoms with Crippen molar-refractivity contribution in [2.24, 2.45) is 0 Å². The summed E-state index contributed by atoms with van der Waals surface area (Å²) in [6.07, 6.45) is 4.01. The minimum Gasteiger partial charge on any atom is -0.497 e. The molecular weight excluding hydrogens is 264 g/mol. The van der Waals surface area contributed by atoms with Crippen LogP contribution in [0.1, 0.15) is 30.5 Å². The summed E-state index contributed by atoms with van der Waals surface area (Å²) in [6, 6.07) is 10.5. The molecule has 4 heteroatoms. The van der Waals surface area contributed by atoms with Crippen molar-refractivity contribution < 1.29 is 9.47 Å². The molecular formula is C17H20N2O2. The molecule has 1 N–H and O–H groups in total. The van der Waals surface area contributed by atoms with Gasteiger partial charge in [0, 0.05) is 6.07 Å².